The summed E-state index contributed by atoms with van der Waals surface area (Å²) in [4.78, 5) is 189. The molecule has 21 N–H and O–H groups in total. The summed E-state index contributed by atoms with van der Waals surface area (Å²) in [5, 5.41) is 80.8. The highest BCUT2D eigenvalue weighted by molar-refractivity contribution is 6.00. The van der Waals surface area contributed by atoms with E-state index in [2.05, 4.69) is 58.2 Å². The van der Waals surface area contributed by atoms with Gasteiger partial charge in [0.05, 0.1) is 25.4 Å². The van der Waals surface area contributed by atoms with Gasteiger partial charge in [-0.1, -0.05) is 84.4 Å². The largest absolute Gasteiger partial charge is 0.453 e. The van der Waals surface area contributed by atoms with Crippen LogP contribution >= 0.6 is 0 Å². The molecule has 2 fully saturated rings. The number of carbonyl (C=O) groups excluding carboxylic acids is 13. The summed E-state index contributed by atoms with van der Waals surface area (Å²) in [6.07, 6.45) is -7.30. The van der Waals surface area contributed by atoms with Crippen LogP contribution in [-0.4, -0.2) is 212 Å². The maximum Gasteiger partial charge on any atom is 0.408 e. The molecule has 97 heavy (non-hydrogen) atoms. The van der Waals surface area contributed by atoms with Crippen molar-refractivity contribution in [3.05, 3.63) is 66.0 Å². The number of esters is 1. The Balaban J connectivity index is 1.97. The normalized spacial score (nSPS) is 25.5. The van der Waals surface area contributed by atoms with Gasteiger partial charge in [0.1, 0.15) is 60.0 Å². The summed E-state index contributed by atoms with van der Waals surface area (Å²) in [6, 6.07) is -8.70. The van der Waals surface area contributed by atoms with Crippen LogP contribution in [-0.2, 0) is 73.4 Å². The van der Waals surface area contributed by atoms with Crippen LogP contribution in [0.25, 0.3) is 0 Å². The minimum absolute atomic E-state index is 0.00333. The van der Waals surface area contributed by atoms with Crippen LogP contribution in [0.1, 0.15) is 119 Å². The van der Waals surface area contributed by atoms with Crippen molar-refractivity contribution in [1.29, 1.82) is 5.41 Å². The number of nitrogens with zero attached hydrogens (tertiary/aromatic N) is 1. The Hall–Kier alpha value is -9.61. The topological polar surface area (TPSA) is 554 Å². The highest BCUT2D eigenvalue weighted by Crippen LogP contribution is 2.27. The minimum atomic E-state index is -2.61. The summed E-state index contributed by atoms with van der Waals surface area (Å²) in [5.74, 6) is -17.5. The van der Waals surface area contributed by atoms with Gasteiger partial charge in [0.2, 0.25) is 65.0 Å². The number of aliphatic hydroxyl groups is 4. The molecule has 0 spiro atoms. The first kappa shape index (κ1) is 79.8. The Bertz CT molecular complexity index is 3130. The second-order valence-corrected chi connectivity index (χ2v) is 26.1. The predicted molar refractivity (Wildman–Crippen MR) is 343 cm³/mol. The van der Waals surface area contributed by atoms with Gasteiger partial charge in [-0.15, -0.1) is 0 Å². The van der Waals surface area contributed by atoms with Crippen molar-refractivity contribution < 1.29 is 92.2 Å². The van der Waals surface area contributed by atoms with Gasteiger partial charge in [-0.3, -0.25) is 63.1 Å². The number of hydrogen-bond donors (Lipinski definition) is 19. The zero-order valence-electron chi connectivity index (χ0n) is 55.8. The van der Waals surface area contributed by atoms with E-state index in [1.54, 1.807) is 61.5 Å². The fourth-order valence-electron chi connectivity index (χ4n) is 10.2. The number of hydrogen-bond acceptors (Lipinski definition) is 21. The molecule has 35 heteroatoms. The van der Waals surface area contributed by atoms with Gasteiger partial charge >= 0.3 is 12.1 Å². The second kappa shape index (κ2) is 36.5. The number of carbonyl (C=O) groups is 13. The second-order valence-electron chi connectivity index (χ2n) is 26.1. The standard InChI is InChI=1S/C62H94N16O19/c1-11-29(2)40-54(90)76-41(31(4)80)53(89)68-27-39(81)74-43(46(83)48(63)84)56(92)72-38(28-79)58(94)96-47(33-18-13-12-14-19-33)44(57(93)77-42-45(82)30(3)23-35(71-55(42)91)50(86)69-34(49(85)75-40)20-16-22-67-59(64)65)78-51(87)36(24-32-17-15-21-66-26-32)70-52(88)37(25-61(5,6)7)73-60(95)97-62(8,9)10/h12-15,17-19,21,26,29-31,34-38,40-47,79-80,82-83H,11,16,20,22-25,27-28H2,1-10H3,(H2,63,84)(H,68,89)(H,69,86)(H,70,88)(H,71,91)(H,72,92)(H,73,95)(H,74,81)(H,75,85)(H,76,90)(H,77,93)(H,78,87)(H4,64,65,67)/t29-,30?,31-,34+,35-,36-,37+,38-,40-,41-,42-,43-,44-,45+,46-,47+/m0/s1. The third kappa shape index (κ3) is 25.2. The van der Waals surface area contributed by atoms with Crippen molar-refractivity contribution >= 4 is 83.0 Å². The third-order valence-corrected chi connectivity index (χ3v) is 15.5. The van der Waals surface area contributed by atoms with Crippen LogP contribution in [0.4, 0.5) is 4.79 Å². The van der Waals surface area contributed by atoms with E-state index >= 15 is 9.59 Å². The fourth-order valence-corrected chi connectivity index (χ4v) is 10.2. The Morgan fingerprint density at radius 3 is 1.97 bits per heavy atom. The third-order valence-electron chi connectivity index (χ3n) is 15.5. The van der Waals surface area contributed by atoms with Crippen LogP contribution in [0.5, 0.6) is 0 Å². The van der Waals surface area contributed by atoms with E-state index in [1.165, 1.54) is 55.7 Å². The summed E-state index contributed by atoms with van der Waals surface area (Å²) < 4.78 is 11.4. The molecule has 2 aromatic rings. The Morgan fingerprint density at radius 2 is 1.39 bits per heavy atom. The van der Waals surface area contributed by atoms with Crippen molar-refractivity contribution in [3.63, 3.8) is 0 Å². The van der Waals surface area contributed by atoms with E-state index in [0.29, 0.717) is 5.56 Å². The number of ether oxygens (including phenoxy) is 2. The van der Waals surface area contributed by atoms with Crippen LogP contribution in [0.15, 0.2) is 54.9 Å². The molecule has 1 aromatic heterocycles. The molecule has 536 valence electrons. The first-order valence-corrected chi connectivity index (χ1v) is 31.5. The van der Waals surface area contributed by atoms with E-state index < -0.39 is 204 Å². The molecular weight excluding hydrogens is 1270 g/mol. The van der Waals surface area contributed by atoms with Gasteiger partial charge in [0.25, 0.3) is 0 Å². The molecule has 1 unspecified atom stereocenters. The zero-order chi connectivity index (χ0) is 72.8. The quantitative estimate of drug-likeness (QED) is 0.0270. The van der Waals surface area contributed by atoms with Crippen molar-refractivity contribution in [3.8, 4) is 0 Å². The minimum Gasteiger partial charge on any atom is -0.453 e. The molecule has 2 bridgehead atoms. The van der Waals surface area contributed by atoms with Crippen molar-refractivity contribution in [2.24, 2.45) is 28.7 Å². The molecule has 0 aliphatic carbocycles. The van der Waals surface area contributed by atoms with E-state index in [0.717, 1.165) is 6.92 Å². The number of benzene rings is 1. The number of nitrogens with two attached hydrogens (primary N) is 2. The van der Waals surface area contributed by atoms with E-state index in [9.17, 15) is 73.2 Å². The highest BCUT2D eigenvalue weighted by Gasteiger charge is 2.46. The monoisotopic (exact) mass is 1370 g/mol. The SMILES string of the molecule is CC[C@H](C)[C@@H]1NC(=O)[C@@H](CCCNC(=N)N)NC(=O)[C@@H]2CC(C)[C@@H](O)[C@H](NC(=O)[C@@H](NC(=O)[C@H](Cc3cccnc3)NC(=O)[C@@H](CC(C)(C)C)NC(=O)OC(C)(C)C)[C@@H](c3ccccc3)OC(=O)[C@H](CO)NC(=O)[C@H]([C@H](O)C(N)=O)NC(=O)CNC(=O)[C@H]([C@H](C)O)NC1=O)C(=O)N2. The maximum absolute atomic E-state index is 15.4. The lowest BCUT2D eigenvalue weighted by molar-refractivity contribution is -0.159. The number of amides is 12. The summed E-state index contributed by atoms with van der Waals surface area (Å²) in [5.41, 5.74) is 9.36. The van der Waals surface area contributed by atoms with Crippen LogP contribution in [0, 0.1) is 22.7 Å². The van der Waals surface area contributed by atoms with Gasteiger partial charge in [0, 0.05) is 25.4 Å². The smallest absolute Gasteiger partial charge is 0.408 e. The van der Waals surface area contributed by atoms with Crippen LogP contribution in [0.3, 0.4) is 0 Å². The maximum atomic E-state index is 15.4. The molecule has 12 amide bonds. The van der Waals surface area contributed by atoms with Crippen LogP contribution in [0.2, 0.25) is 0 Å². The van der Waals surface area contributed by atoms with Crippen molar-refractivity contribution in [1.82, 2.24) is 68.8 Å². The van der Waals surface area contributed by atoms with E-state index in [-0.39, 0.29) is 50.6 Å². The van der Waals surface area contributed by atoms with E-state index in [1.807, 2.05) is 10.6 Å². The Morgan fingerprint density at radius 1 is 0.753 bits per heavy atom. The number of aliphatic hydroxyl groups excluding tert-OH is 4. The fraction of sp³-hybridized carbons (Fsp3) is 0.597. The molecule has 16 atom stereocenters. The van der Waals surface area contributed by atoms with Gasteiger partial charge in [0.15, 0.2) is 24.2 Å². The number of pyridine rings is 1. The average molecular weight is 1370 g/mol. The average Bonchev–Trinajstić information content (AvgIpc) is 1.78. The predicted octanol–water partition coefficient (Wildman–Crippen LogP) is -5.34. The van der Waals surface area contributed by atoms with Gasteiger partial charge in [-0.25, -0.2) is 9.59 Å². The number of rotatable bonds is 19. The number of nitrogens with one attached hydrogen (secondary N) is 13. The summed E-state index contributed by atoms with van der Waals surface area (Å²) >= 11 is 0. The lowest BCUT2D eigenvalue weighted by Crippen LogP contribution is -2.63. The molecule has 2 saturated heterocycles. The summed E-state index contributed by atoms with van der Waals surface area (Å²) in [7, 11) is 0. The lowest BCUT2D eigenvalue weighted by Gasteiger charge is -2.33. The first-order valence-electron chi connectivity index (χ1n) is 31.5. The molecule has 2 aliphatic heterocycles. The number of aromatic nitrogens is 1. The zero-order valence-corrected chi connectivity index (χ0v) is 55.8. The molecule has 1 aromatic carbocycles. The van der Waals surface area contributed by atoms with Gasteiger partial charge < -0.3 is 105 Å². The van der Waals surface area contributed by atoms with Crippen LogP contribution < -0.4 is 75.3 Å². The van der Waals surface area contributed by atoms with Gasteiger partial charge in [-0.2, -0.15) is 0 Å². The molecule has 35 nitrogen and oxygen atoms in total. The number of alkyl carbamates (subject to hydrolysis) is 1. The Labute approximate surface area is 560 Å². The number of cyclic esters (lactones) is 1. The van der Waals surface area contributed by atoms with E-state index in [4.69, 9.17) is 26.4 Å². The lowest BCUT2D eigenvalue weighted by atomic mass is 9.87. The number of fused-ring (bicyclic) bond motifs is 3. The summed E-state index contributed by atoms with van der Waals surface area (Å²) in [6.45, 7) is 13.3. The number of guanidine groups is 1. The molecule has 4 rings (SSSR count). The molecular formula is C62H94N16O19. The molecule has 0 radical (unpaired) electrons. The Kier molecular flexibility index (Phi) is 30.0. The first-order chi connectivity index (χ1) is 45.3. The number of primary amides is 1. The molecule has 3 heterocycles. The molecule has 2 aliphatic rings. The molecule has 0 saturated carbocycles. The van der Waals surface area contributed by atoms with Crippen molar-refractivity contribution in [2.45, 2.75) is 198 Å². The van der Waals surface area contributed by atoms with Gasteiger partial charge in [-0.05, 0) is 87.8 Å². The highest BCUT2D eigenvalue weighted by atomic mass is 16.6. The van der Waals surface area contributed by atoms with Crippen molar-refractivity contribution in [2.75, 3.05) is 19.7 Å².